The van der Waals surface area contributed by atoms with Gasteiger partial charge in [-0.05, 0) is 6.92 Å². The Labute approximate surface area is 74.9 Å². The maximum atomic E-state index is 11.5. The number of aryl methyl sites for hydroxylation is 1. The summed E-state index contributed by atoms with van der Waals surface area (Å²) in [6, 6.07) is 0. The molecule has 5 nitrogen and oxygen atoms in total. The fourth-order valence-electron chi connectivity index (χ4n) is 1.05. The van der Waals surface area contributed by atoms with E-state index in [-0.39, 0.29) is 5.56 Å². The van der Waals surface area contributed by atoms with Gasteiger partial charge in [-0.15, -0.1) is 0 Å². The van der Waals surface area contributed by atoms with Gasteiger partial charge in [-0.25, -0.2) is 15.0 Å². The first kappa shape index (κ1) is 7.91. The average molecular weight is 172 g/mol. The summed E-state index contributed by atoms with van der Waals surface area (Å²) in [7, 11) is 5.43. The molecule has 62 valence electrons. The van der Waals surface area contributed by atoms with Crippen LogP contribution in [-0.2, 0) is 0 Å². The molecule has 6 heteroatoms. The van der Waals surface area contributed by atoms with Crippen LogP contribution in [0.2, 0.25) is 0 Å². The minimum atomic E-state index is -0.330. The van der Waals surface area contributed by atoms with E-state index < -0.39 is 0 Å². The molecule has 0 N–H and O–H groups in total. The number of aromatic nitrogens is 4. The van der Waals surface area contributed by atoms with Crippen molar-refractivity contribution in [1.82, 2.24) is 19.4 Å². The van der Waals surface area contributed by atoms with Crippen molar-refractivity contribution in [2.24, 2.45) is 0 Å². The molecule has 0 fully saturated rings. The third-order valence-corrected chi connectivity index (χ3v) is 1.76. The maximum absolute atomic E-state index is 11.5. The predicted molar refractivity (Wildman–Crippen MR) is 47.5 cm³/mol. The van der Waals surface area contributed by atoms with Crippen LogP contribution in [0.25, 0.3) is 11.0 Å². The SMILES string of the molecule is [B]n1c(C)nc2ncncc2c1=O. The number of fused-ring (bicyclic) bond motifs is 1. The molecule has 2 rings (SSSR count). The molecule has 0 atom stereocenters. The Hall–Kier alpha value is -1.72. The molecule has 0 aromatic carbocycles. The molecule has 0 saturated carbocycles. The van der Waals surface area contributed by atoms with E-state index in [0.717, 1.165) is 4.48 Å². The monoisotopic (exact) mass is 172 g/mol. The Morgan fingerprint density at radius 2 is 2.31 bits per heavy atom. The van der Waals surface area contributed by atoms with Gasteiger partial charge in [-0.1, -0.05) is 0 Å². The van der Waals surface area contributed by atoms with Crippen molar-refractivity contribution in [2.45, 2.75) is 6.92 Å². The lowest BCUT2D eigenvalue weighted by molar-refractivity contribution is 0.969. The Kier molecular flexibility index (Phi) is 1.61. The summed E-state index contributed by atoms with van der Waals surface area (Å²) in [5, 5.41) is 0.329. The van der Waals surface area contributed by atoms with Crippen LogP contribution in [0.1, 0.15) is 5.82 Å². The van der Waals surface area contributed by atoms with Gasteiger partial charge in [0, 0.05) is 6.20 Å². The molecule has 0 bridgehead atoms. The molecule has 0 unspecified atom stereocenters. The molecule has 0 aliphatic carbocycles. The lowest BCUT2D eigenvalue weighted by atomic mass is 10.3. The van der Waals surface area contributed by atoms with Crippen LogP contribution in [0, 0.1) is 6.92 Å². The Morgan fingerprint density at radius 3 is 3.08 bits per heavy atom. The Balaban J connectivity index is 3.03. The molecule has 2 heterocycles. The lowest BCUT2D eigenvalue weighted by Gasteiger charge is -2.03. The average Bonchev–Trinajstić information content (AvgIpc) is 2.15. The van der Waals surface area contributed by atoms with Crippen LogP contribution in [0.15, 0.2) is 17.3 Å². The van der Waals surface area contributed by atoms with Crippen molar-refractivity contribution >= 4 is 19.0 Å². The minimum Gasteiger partial charge on any atom is -0.354 e. The van der Waals surface area contributed by atoms with Gasteiger partial charge in [0.25, 0.3) is 5.56 Å². The molecule has 0 aliphatic rings. The van der Waals surface area contributed by atoms with Gasteiger partial charge >= 0.3 is 0 Å². The number of hydrogen-bond acceptors (Lipinski definition) is 4. The fraction of sp³-hybridized carbons (Fsp3) is 0.143. The first-order valence-electron chi connectivity index (χ1n) is 3.64. The largest absolute Gasteiger partial charge is 0.354 e. The molecule has 2 aromatic heterocycles. The van der Waals surface area contributed by atoms with Crippen molar-refractivity contribution in [3.8, 4) is 0 Å². The summed E-state index contributed by atoms with van der Waals surface area (Å²) in [6.45, 7) is 1.64. The number of nitrogens with zero attached hydrogens (tertiary/aromatic N) is 4. The molecule has 2 radical (unpaired) electrons. The molecular formula is C7H5BN4O. The van der Waals surface area contributed by atoms with Crippen LogP contribution < -0.4 is 5.56 Å². The Bertz CT molecular complexity index is 521. The van der Waals surface area contributed by atoms with E-state index in [9.17, 15) is 4.79 Å². The first-order chi connectivity index (χ1) is 6.20. The zero-order valence-electron chi connectivity index (χ0n) is 6.93. The molecule has 0 saturated heterocycles. The second kappa shape index (κ2) is 2.65. The van der Waals surface area contributed by atoms with Crippen molar-refractivity contribution < 1.29 is 0 Å². The highest BCUT2D eigenvalue weighted by atomic mass is 16.1. The first-order valence-corrected chi connectivity index (χ1v) is 3.64. The fourth-order valence-corrected chi connectivity index (χ4v) is 1.05. The highest BCUT2D eigenvalue weighted by molar-refractivity contribution is 6.07. The van der Waals surface area contributed by atoms with Crippen molar-refractivity contribution in [3.05, 3.63) is 28.7 Å². The molecule has 0 spiro atoms. The van der Waals surface area contributed by atoms with Crippen LogP contribution in [0.4, 0.5) is 0 Å². The highest BCUT2D eigenvalue weighted by Crippen LogP contribution is 2.00. The van der Waals surface area contributed by atoms with Crippen LogP contribution in [0.5, 0.6) is 0 Å². The van der Waals surface area contributed by atoms with Gasteiger partial charge in [0.05, 0.1) is 5.82 Å². The van der Waals surface area contributed by atoms with Gasteiger partial charge in [0.15, 0.2) is 5.65 Å². The summed E-state index contributed by atoms with van der Waals surface area (Å²) >= 11 is 0. The van der Waals surface area contributed by atoms with Crippen LogP contribution in [-0.4, -0.2) is 27.4 Å². The van der Waals surface area contributed by atoms with Crippen LogP contribution in [0.3, 0.4) is 0 Å². The Morgan fingerprint density at radius 1 is 1.54 bits per heavy atom. The van der Waals surface area contributed by atoms with Crippen LogP contribution >= 0.6 is 0 Å². The number of rotatable bonds is 0. The van der Waals surface area contributed by atoms with Crippen molar-refractivity contribution in [1.29, 1.82) is 0 Å². The highest BCUT2D eigenvalue weighted by Gasteiger charge is 2.04. The second-order valence-corrected chi connectivity index (χ2v) is 2.59. The second-order valence-electron chi connectivity index (χ2n) is 2.59. The van der Waals surface area contributed by atoms with E-state index in [1.807, 2.05) is 0 Å². The quantitative estimate of drug-likeness (QED) is 0.499. The molecule has 13 heavy (non-hydrogen) atoms. The summed E-state index contributed by atoms with van der Waals surface area (Å²) in [6.07, 6.45) is 2.75. The third kappa shape index (κ3) is 1.10. The zero-order chi connectivity index (χ0) is 9.42. The minimum absolute atomic E-state index is 0.329. The van der Waals surface area contributed by atoms with Gasteiger partial charge in [-0.2, -0.15) is 0 Å². The molecule has 0 amide bonds. The van der Waals surface area contributed by atoms with E-state index in [4.69, 9.17) is 7.98 Å². The standard InChI is InChI=1S/C7H5BN4O/c1-4-11-6-5(2-9-3-10-6)7(13)12(4)8/h2-3H,1H3. The third-order valence-electron chi connectivity index (χ3n) is 1.76. The lowest BCUT2D eigenvalue weighted by Crippen LogP contribution is -2.22. The maximum Gasteiger partial charge on any atom is 0.251 e. The zero-order valence-corrected chi connectivity index (χ0v) is 6.93. The van der Waals surface area contributed by atoms with E-state index >= 15 is 0 Å². The van der Waals surface area contributed by atoms with E-state index in [2.05, 4.69) is 15.0 Å². The van der Waals surface area contributed by atoms with E-state index in [0.29, 0.717) is 16.9 Å². The normalized spacial score (nSPS) is 10.5. The van der Waals surface area contributed by atoms with Gasteiger partial charge < -0.3 is 4.48 Å². The molecular weight excluding hydrogens is 167 g/mol. The predicted octanol–water partition coefficient (Wildman–Crippen LogP) is -0.573. The van der Waals surface area contributed by atoms with Gasteiger partial charge in [-0.3, -0.25) is 4.79 Å². The van der Waals surface area contributed by atoms with E-state index in [1.165, 1.54) is 12.5 Å². The van der Waals surface area contributed by atoms with E-state index in [1.54, 1.807) is 6.92 Å². The summed E-state index contributed by atoms with van der Waals surface area (Å²) in [4.78, 5) is 23.1. The smallest absolute Gasteiger partial charge is 0.251 e. The summed E-state index contributed by atoms with van der Waals surface area (Å²) < 4.78 is 0.978. The summed E-state index contributed by atoms with van der Waals surface area (Å²) in [5.74, 6) is 0.427. The van der Waals surface area contributed by atoms with Crippen molar-refractivity contribution in [2.75, 3.05) is 0 Å². The van der Waals surface area contributed by atoms with Gasteiger partial charge in [0.1, 0.15) is 11.7 Å². The topological polar surface area (TPSA) is 60.7 Å². The summed E-state index contributed by atoms with van der Waals surface area (Å²) in [5.41, 5.74) is 0.0438. The molecule has 0 aliphatic heterocycles. The number of hydrogen-bond donors (Lipinski definition) is 0. The molecule has 2 aromatic rings. The van der Waals surface area contributed by atoms with Crippen molar-refractivity contribution in [3.63, 3.8) is 0 Å². The van der Waals surface area contributed by atoms with Gasteiger partial charge in [0.2, 0.25) is 7.98 Å².